The van der Waals surface area contributed by atoms with Gasteiger partial charge in [-0.15, -0.1) is 4.59 Å². The number of benzene rings is 2. The number of carbonyl (C=O) groups excluding carboxylic acids is 1. The van der Waals surface area contributed by atoms with Gasteiger partial charge < -0.3 is 14.6 Å². The number of amidine groups is 1. The van der Waals surface area contributed by atoms with E-state index in [4.69, 9.17) is 15.6 Å². The van der Waals surface area contributed by atoms with Gasteiger partial charge in [-0.25, -0.2) is 0 Å². The molecule has 3 N–H and O–H groups in total. The van der Waals surface area contributed by atoms with Crippen molar-refractivity contribution in [3.63, 3.8) is 0 Å². The van der Waals surface area contributed by atoms with Crippen molar-refractivity contribution in [1.29, 1.82) is 0 Å². The molecule has 0 saturated carbocycles. The van der Waals surface area contributed by atoms with Crippen LogP contribution in [0.25, 0.3) is 10.9 Å². The Balaban J connectivity index is 1.25. The molecule has 1 aromatic heterocycles. The highest BCUT2D eigenvalue weighted by Crippen LogP contribution is 2.38. The number of H-pyrrole nitrogens is 1. The summed E-state index contributed by atoms with van der Waals surface area (Å²) >= 11 is 0. The summed E-state index contributed by atoms with van der Waals surface area (Å²) in [5, 5.41) is 1.12. The molecule has 1 amide bonds. The summed E-state index contributed by atoms with van der Waals surface area (Å²) in [6.45, 7) is 1.34. The predicted octanol–water partition coefficient (Wildman–Crippen LogP) is 3.95. The molecule has 3 aliphatic rings. The van der Waals surface area contributed by atoms with E-state index in [0.717, 1.165) is 52.4 Å². The maximum Gasteiger partial charge on any atom is 0.281 e. The average molecular weight is 468 g/mol. The predicted molar refractivity (Wildman–Crippen MR) is 136 cm³/mol. The van der Waals surface area contributed by atoms with Crippen LogP contribution in [-0.4, -0.2) is 52.6 Å². The number of methoxy groups -OCH3 is 1. The molecule has 1 unspecified atom stereocenters. The number of fused-ring (bicyclic) bond motifs is 2. The molecule has 1 fully saturated rings. The SMILES string of the molecule is COc1ccc(C(=O)N2CCC(C3=C4C=NC=C[N+]4(N)C(c4cc5ccccc5[nH]4)=N3)CC2)cc1. The van der Waals surface area contributed by atoms with Crippen LogP contribution in [0.15, 0.2) is 88.4 Å². The molecule has 1 saturated heterocycles. The number of carbonyl (C=O) groups is 1. The van der Waals surface area contributed by atoms with E-state index in [2.05, 4.69) is 22.1 Å². The summed E-state index contributed by atoms with van der Waals surface area (Å²) < 4.78 is 5.20. The van der Waals surface area contributed by atoms with Gasteiger partial charge in [0.2, 0.25) is 5.70 Å². The number of nitrogens with one attached hydrogen (secondary N) is 1. The molecule has 176 valence electrons. The zero-order valence-electron chi connectivity index (χ0n) is 19.5. The van der Waals surface area contributed by atoms with Crippen molar-refractivity contribution in [2.75, 3.05) is 20.2 Å². The van der Waals surface area contributed by atoms with Crippen molar-refractivity contribution in [2.45, 2.75) is 12.8 Å². The maximum absolute atomic E-state index is 13.0. The lowest BCUT2D eigenvalue weighted by Crippen LogP contribution is -2.53. The Morgan fingerprint density at radius 3 is 2.66 bits per heavy atom. The van der Waals surface area contributed by atoms with Gasteiger partial charge in [-0.2, -0.15) is 10.8 Å². The number of quaternary nitrogens is 1. The first-order valence-corrected chi connectivity index (χ1v) is 11.8. The van der Waals surface area contributed by atoms with Crippen LogP contribution in [0, 0.1) is 5.92 Å². The van der Waals surface area contributed by atoms with Crippen LogP contribution in [0.4, 0.5) is 0 Å². The minimum absolute atomic E-state index is 0.00333. The van der Waals surface area contributed by atoms with E-state index in [0.29, 0.717) is 18.7 Å². The normalized spacial score (nSPS) is 22.0. The highest BCUT2D eigenvalue weighted by atomic mass is 16.5. The largest absolute Gasteiger partial charge is 0.497 e. The summed E-state index contributed by atoms with van der Waals surface area (Å²) in [7, 11) is 1.62. The zero-order chi connectivity index (χ0) is 24.0. The Morgan fingerprint density at radius 1 is 1.14 bits per heavy atom. The number of aliphatic imine (C=N–C) groups is 2. The average Bonchev–Trinajstić information content (AvgIpc) is 3.46. The summed E-state index contributed by atoms with van der Waals surface area (Å²) in [5.41, 5.74) is 4.47. The summed E-state index contributed by atoms with van der Waals surface area (Å²) in [6, 6.07) is 17.5. The first-order valence-electron chi connectivity index (χ1n) is 11.8. The van der Waals surface area contributed by atoms with E-state index in [1.54, 1.807) is 13.3 Å². The van der Waals surface area contributed by atoms with Crippen LogP contribution in [0.2, 0.25) is 0 Å². The first-order chi connectivity index (χ1) is 17.1. The quantitative estimate of drug-likeness (QED) is 0.449. The molecule has 2 aromatic carbocycles. The maximum atomic E-state index is 13.0. The Bertz CT molecular complexity index is 1390. The number of aromatic nitrogens is 1. The van der Waals surface area contributed by atoms with E-state index in [-0.39, 0.29) is 16.4 Å². The Hall–Kier alpha value is -4.01. The lowest BCUT2D eigenvalue weighted by molar-refractivity contribution is -0.750. The van der Waals surface area contributed by atoms with Crippen LogP contribution >= 0.6 is 0 Å². The number of likely N-dealkylation sites (tertiary alicyclic amines) is 1. The fourth-order valence-electron chi connectivity index (χ4n) is 5.15. The second-order valence-corrected chi connectivity index (χ2v) is 9.12. The molecule has 35 heavy (non-hydrogen) atoms. The number of rotatable bonds is 4. The molecule has 3 aromatic rings. The monoisotopic (exact) mass is 467 g/mol. The zero-order valence-corrected chi connectivity index (χ0v) is 19.5. The Kier molecular flexibility index (Phi) is 5.12. The lowest BCUT2D eigenvalue weighted by Gasteiger charge is -2.32. The Morgan fingerprint density at radius 2 is 1.91 bits per heavy atom. The molecular formula is C27H27N6O2+. The number of allylic oxidation sites excluding steroid dienone is 2. The van der Waals surface area contributed by atoms with Gasteiger partial charge in [0.15, 0.2) is 0 Å². The van der Waals surface area contributed by atoms with Crippen molar-refractivity contribution in [1.82, 2.24) is 9.88 Å². The van der Waals surface area contributed by atoms with Crippen LogP contribution in [0.3, 0.4) is 0 Å². The van der Waals surface area contributed by atoms with Crippen molar-refractivity contribution in [3.05, 3.63) is 89.6 Å². The molecule has 3 aliphatic heterocycles. The van der Waals surface area contributed by atoms with Gasteiger partial charge in [-0.05, 0) is 49.2 Å². The smallest absolute Gasteiger partial charge is 0.281 e. The van der Waals surface area contributed by atoms with Gasteiger partial charge >= 0.3 is 0 Å². The number of piperidine rings is 1. The fourth-order valence-corrected chi connectivity index (χ4v) is 5.15. The third-order valence-electron chi connectivity index (χ3n) is 7.10. The fraction of sp³-hybridized carbons (Fsp3) is 0.222. The van der Waals surface area contributed by atoms with Crippen LogP contribution in [0.1, 0.15) is 28.9 Å². The number of ether oxygens (including phenoxy) is 1. The topological polar surface area (TPSA) is 96.1 Å². The van der Waals surface area contributed by atoms with E-state index in [9.17, 15) is 4.79 Å². The Labute approximate surface area is 203 Å². The number of para-hydroxylation sites is 1. The van der Waals surface area contributed by atoms with E-state index >= 15 is 0 Å². The molecule has 6 rings (SSSR count). The van der Waals surface area contributed by atoms with Crippen molar-refractivity contribution in [3.8, 4) is 5.75 Å². The number of nitrogens with two attached hydrogens (primary N) is 1. The third kappa shape index (κ3) is 3.58. The van der Waals surface area contributed by atoms with Gasteiger partial charge in [0.1, 0.15) is 23.3 Å². The minimum Gasteiger partial charge on any atom is -0.497 e. The number of hydrogen-bond donors (Lipinski definition) is 2. The standard InChI is InChI=1S/C27H27N6O2/c1-35-21-8-6-19(7-9-21)27(34)32-13-10-18(11-14-32)25-24-17-29-12-15-33(24,28)26(31-25)23-16-20-4-2-3-5-22(20)30-23/h2-9,12,15-18,30H,10-11,13-14,28H2,1H3/q+1. The van der Waals surface area contributed by atoms with Gasteiger partial charge in [-0.1, -0.05) is 18.2 Å². The molecule has 1 atom stereocenters. The van der Waals surface area contributed by atoms with E-state index in [1.165, 1.54) is 0 Å². The van der Waals surface area contributed by atoms with E-state index in [1.807, 2.05) is 59.8 Å². The van der Waals surface area contributed by atoms with Crippen LogP contribution in [-0.2, 0) is 0 Å². The molecule has 0 bridgehead atoms. The summed E-state index contributed by atoms with van der Waals surface area (Å²) in [6.07, 6.45) is 7.06. The molecule has 0 aliphatic carbocycles. The van der Waals surface area contributed by atoms with Gasteiger partial charge in [0.05, 0.1) is 19.5 Å². The second kappa shape index (κ2) is 8.33. The molecule has 8 heteroatoms. The van der Waals surface area contributed by atoms with Crippen molar-refractivity contribution < 1.29 is 14.1 Å². The van der Waals surface area contributed by atoms with Crippen molar-refractivity contribution >= 4 is 28.9 Å². The summed E-state index contributed by atoms with van der Waals surface area (Å²) in [4.78, 5) is 27.9. The number of amides is 1. The third-order valence-corrected chi connectivity index (χ3v) is 7.10. The van der Waals surface area contributed by atoms with Gasteiger partial charge in [0.25, 0.3) is 11.7 Å². The van der Waals surface area contributed by atoms with Crippen molar-refractivity contribution in [2.24, 2.45) is 21.7 Å². The van der Waals surface area contributed by atoms with Crippen LogP contribution < -0.4 is 10.6 Å². The molecular weight excluding hydrogens is 440 g/mol. The van der Waals surface area contributed by atoms with Crippen LogP contribution in [0.5, 0.6) is 5.75 Å². The second-order valence-electron chi connectivity index (χ2n) is 9.12. The van der Waals surface area contributed by atoms with E-state index < -0.39 is 0 Å². The highest BCUT2D eigenvalue weighted by molar-refractivity contribution is 6.02. The molecule has 8 nitrogen and oxygen atoms in total. The number of aromatic amines is 1. The van der Waals surface area contributed by atoms with Gasteiger partial charge in [-0.3, -0.25) is 9.79 Å². The molecule has 0 radical (unpaired) electrons. The molecule has 0 spiro atoms. The molecule has 4 heterocycles. The highest BCUT2D eigenvalue weighted by Gasteiger charge is 2.46. The van der Waals surface area contributed by atoms with Gasteiger partial charge in [0, 0.05) is 35.5 Å². The number of hydrogen-bond acceptors (Lipinski definition) is 5. The number of nitrogens with zero attached hydrogens (tertiary/aromatic N) is 4. The summed E-state index contributed by atoms with van der Waals surface area (Å²) in [5.74, 6) is 8.65. The minimum atomic E-state index is -0.00333. The first kappa shape index (κ1) is 21.5. The lowest BCUT2D eigenvalue weighted by atomic mass is 9.92.